The highest BCUT2D eigenvalue weighted by Crippen LogP contribution is 2.22. The lowest BCUT2D eigenvalue weighted by Crippen LogP contribution is -2.30. The van der Waals surface area contributed by atoms with Gasteiger partial charge in [0, 0.05) is 4.88 Å². The molecule has 0 radical (unpaired) electrons. The molecule has 0 saturated heterocycles. The standard InChI is InChI=1S/C9H9N5O3S/c15-7(16)4-5(6-2-1-3-18-6)10-9(17)8-11-13-14-12-8/h1-3,5H,4H2,(H,10,17)(H,15,16)(H,11,12,13,14). The van der Waals surface area contributed by atoms with Crippen molar-refractivity contribution in [2.75, 3.05) is 0 Å². The van der Waals surface area contributed by atoms with E-state index in [4.69, 9.17) is 5.11 Å². The minimum absolute atomic E-state index is 0.123. The summed E-state index contributed by atoms with van der Waals surface area (Å²) >= 11 is 1.37. The number of hydrogen-bond acceptors (Lipinski definition) is 6. The average molecular weight is 267 g/mol. The lowest BCUT2D eigenvalue weighted by molar-refractivity contribution is -0.137. The van der Waals surface area contributed by atoms with Crippen LogP contribution in [0.5, 0.6) is 0 Å². The van der Waals surface area contributed by atoms with Gasteiger partial charge in [-0.15, -0.1) is 21.5 Å². The number of nitrogens with zero attached hydrogens (tertiary/aromatic N) is 3. The molecule has 94 valence electrons. The molecule has 3 N–H and O–H groups in total. The molecule has 0 aromatic carbocycles. The molecule has 2 aromatic rings. The van der Waals surface area contributed by atoms with E-state index in [-0.39, 0.29) is 12.2 Å². The largest absolute Gasteiger partial charge is 0.481 e. The minimum Gasteiger partial charge on any atom is -0.481 e. The number of hydrogen-bond donors (Lipinski definition) is 3. The number of tetrazole rings is 1. The van der Waals surface area contributed by atoms with Crippen molar-refractivity contribution in [3.05, 3.63) is 28.2 Å². The topological polar surface area (TPSA) is 121 Å². The first kappa shape index (κ1) is 12.2. The number of nitrogens with one attached hydrogen (secondary N) is 2. The van der Waals surface area contributed by atoms with Crippen molar-refractivity contribution in [3.8, 4) is 0 Å². The molecule has 18 heavy (non-hydrogen) atoms. The number of amides is 1. The van der Waals surface area contributed by atoms with E-state index in [9.17, 15) is 9.59 Å². The third kappa shape index (κ3) is 2.88. The summed E-state index contributed by atoms with van der Waals surface area (Å²) in [7, 11) is 0. The highest BCUT2D eigenvalue weighted by molar-refractivity contribution is 7.10. The number of H-pyrrole nitrogens is 1. The maximum Gasteiger partial charge on any atom is 0.305 e. The fourth-order valence-electron chi connectivity index (χ4n) is 1.37. The van der Waals surface area contributed by atoms with E-state index in [0.717, 1.165) is 4.88 Å². The molecule has 8 nitrogen and oxygen atoms in total. The number of carboxylic acids is 1. The zero-order chi connectivity index (χ0) is 13.0. The van der Waals surface area contributed by atoms with E-state index in [1.807, 2.05) is 5.38 Å². The van der Waals surface area contributed by atoms with Crippen LogP contribution in [0.4, 0.5) is 0 Å². The maximum atomic E-state index is 11.7. The number of rotatable bonds is 5. The molecule has 0 aliphatic carbocycles. The van der Waals surface area contributed by atoms with Crippen molar-refractivity contribution >= 4 is 23.2 Å². The van der Waals surface area contributed by atoms with Gasteiger partial charge in [0.1, 0.15) is 0 Å². The van der Waals surface area contributed by atoms with Gasteiger partial charge in [0.15, 0.2) is 0 Å². The summed E-state index contributed by atoms with van der Waals surface area (Å²) in [6, 6.07) is 2.94. The monoisotopic (exact) mass is 267 g/mol. The molecule has 0 spiro atoms. The fraction of sp³-hybridized carbons (Fsp3) is 0.222. The third-order valence-electron chi connectivity index (χ3n) is 2.12. The van der Waals surface area contributed by atoms with E-state index in [0.29, 0.717) is 0 Å². The summed E-state index contributed by atoms with van der Waals surface area (Å²) in [5, 5.41) is 25.7. The second-order valence-corrected chi connectivity index (χ2v) is 4.35. The first-order valence-electron chi connectivity index (χ1n) is 4.96. The van der Waals surface area contributed by atoms with Gasteiger partial charge in [0.2, 0.25) is 0 Å². The molecule has 2 aromatic heterocycles. The molecule has 9 heteroatoms. The average Bonchev–Trinajstić information content (AvgIpc) is 3.01. The molecule has 1 amide bonds. The van der Waals surface area contributed by atoms with Gasteiger partial charge in [-0.1, -0.05) is 6.07 Å². The summed E-state index contributed by atoms with van der Waals surface area (Å²) in [5.74, 6) is -1.69. The van der Waals surface area contributed by atoms with Crippen molar-refractivity contribution in [2.45, 2.75) is 12.5 Å². The van der Waals surface area contributed by atoms with Gasteiger partial charge in [-0.2, -0.15) is 5.21 Å². The van der Waals surface area contributed by atoms with E-state index >= 15 is 0 Å². The Morgan fingerprint density at radius 3 is 2.94 bits per heavy atom. The molecule has 0 bridgehead atoms. The number of carboxylic acid groups (broad SMARTS) is 1. The van der Waals surface area contributed by atoms with Gasteiger partial charge in [-0.25, -0.2) is 0 Å². The third-order valence-corrected chi connectivity index (χ3v) is 3.11. The van der Waals surface area contributed by atoms with Crippen LogP contribution in [0.2, 0.25) is 0 Å². The Bertz CT molecular complexity index is 524. The lowest BCUT2D eigenvalue weighted by atomic mass is 10.1. The molecule has 2 rings (SSSR count). The molecule has 0 aliphatic rings. The highest BCUT2D eigenvalue weighted by Gasteiger charge is 2.21. The molecule has 1 atom stereocenters. The van der Waals surface area contributed by atoms with E-state index in [1.165, 1.54) is 11.3 Å². The van der Waals surface area contributed by atoms with Crippen molar-refractivity contribution in [3.63, 3.8) is 0 Å². The molecule has 2 heterocycles. The fourth-order valence-corrected chi connectivity index (χ4v) is 2.15. The van der Waals surface area contributed by atoms with Crippen LogP contribution in [0, 0.1) is 0 Å². The molecule has 0 saturated carbocycles. The zero-order valence-corrected chi connectivity index (χ0v) is 9.85. The van der Waals surface area contributed by atoms with Crippen molar-refractivity contribution in [2.24, 2.45) is 0 Å². The number of thiophene rings is 1. The normalized spacial score (nSPS) is 12.0. The second kappa shape index (κ2) is 5.36. The molecule has 0 aliphatic heterocycles. The van der Waals surface area contributed by atoms with Gasteiger partial charge in [0.25, 0.3) is 11.7 Å². The van der Waals surface area contributed by atoms with Gasteiger partial charge in [0.05, 0.1) is 12.5 Å². The van der Waals surface area contributed by atoms with Gasteiger partial charge in [-0.05, 0) is 16.7 Å². The predicted molar refractivity (Wildman–Crippen MR) is 61.0 cm³/mol. The number of aromatic amines is 1. The summed E-state index contributed by atoms with van der Waals surface area (Å²) in [6.07, 6.45) is -0.204. The SMILES string of the molecule is O=C(O)CC(NC(=O)c1nn[nH]n1)c1cccs1. The summed E-state index contributed by atoms with van der Waals surface area (Å²) in [4.78, 5) is 23.2. The molecular weight excluding hydrogens is 258 g/mol. The van der Waals surface area contributed by atoms with Gasteiger partial charge < -0.3 is 10.4 Å². The van der Waals surface area contributed by atoms with Crippen molar-refractivity contribution in [1.82, 2.24) is 25.9 Å². The summed E-state index contributed by atoms with van der Waals surface area (Å²) < 4.78 is 0. The van der Waals surface area contributed by atoms with Crippen LogP contribution in [0.25, 0.3) is 0 Å². The molecule has 0 fully saturated rings. The number of aromatic nitrogens is 4. The lowest BCUT2D eigenvalue weighted by Gasteiger charge is -2.13. The van der Waals surface area contributed by atoms with Gasteiger partial charge >= 0.3 is 5.97 Å². The van der Waals surface area contributed by atoms with Crippen molar-refractivity contribution in [1.29, 1.82) is 0 Å². The predicted octanol–water partition coefficient (Wildman–Crippen LogP) is 0.207. The minimum atomic E-state index is -0.998. The Morgan fingerprint density at radius 2 is 2.39 bits per heavy atom. The van der Waals surface area contributed by atoms with E-state index in [1.54, 1.807) is 12.1 Å². The van der Waals surface area contributed by atoms with Crippen LogP contribution in [0.15, 0.2) is 17.5 Å². The zero-order valence-electron chi connectivity index (χ0n) is 9.03. The second-order valence-electron chi connectivity index (χ2n) is 3.37. The molecule has 1 unspecified atom stereocenters. The smallest absolute Gasteiger partial charge is 0.305 e. The Kier molecular flexibility index (Phi) is 3.63. The van der Waals surface area contributed by atoms with Crippen LogP contribution < -0.4 is 5.32 Å². The van der Waals surface area contributed by atoms with Crippen molar-refractivity contribution < 1.29 is 14.7 Å². The van der Waals surface area contributed by atoms with Crippen LogP contribution in [-0.4, -0.2) is 37.6 Å². The Hall–Kier alpha value is -2.29. The number of carbonyl (C=O) groups is 2. The first-order valence-corrected chi connectivity index (χ1v) is 5.84. The van der Waals surface area contributed by atoms with Crippen LogP contribution in [-0.2, 0) is 4.79 Å². The molecular formula is C9H9N5O3S. The highest BCUT2D eigenvalue weighted by atomic mass is 32.1. The Morgan fingerprint density at radius 1 is 1.56 bits per heavy atom. The van der Waals surface area contributed by atoms with Crippen LogP contribution in [0.1, 0.15) is 28.0 Å². The Balaban J connectivity index is 2.11. The maximum absolute atomic E-state index is 11.7. The van der Waals surface area contributed by atoms with E-state index in [2.05, 4.69) is 25.9 Å². The van der Waals surface area contributed by atoms with Gasteiger partial charge in [-0.3, -0.25) is 9.59 Å². The summed E-state index contributed by atoms with van der Waals surface area (Å²) in [5.41, 5.74) is 0. The summed E-state index contributed by atoms with van der Waals surface area (Å²) in [6.45, 7) is 0. The number of carbonyl (C=O) groups excluding carboxylic acids is 1. The quantitative estimate of drug-likeness (QED) is 0.712. The van der Waals surface area contributed by atoms with E-state index < -0.39 is 17.9 Å². The first-order chi connectivity index (χ1) is 8.66. The Labute approximate surface area is 105 Å². The number of aliphatic carboxylic acids is 1. The van der Waals surface area contributed by atoms with Crippen LogP contribution in [0.3, 0.4) is 0 Å². The van der Waals surface area contributed by atoms with Crippen LogP contribution >= 0.6 is 11.3 Å².